The van der Waals surface area contributed by atoms with Gasteiger partial charge in [-0.15, -0.1) is 0 Å². The number of halogens is 1. The molecule has 0 aromatic heterocycles. The van der Waals surface area contributed by atoms with Crippen LogP contribution in [0.1, 0.15) is 37.7 Å². The van der Waals surface area contributed by atoms with Gasteiger partial charge in [0, 0.05) is 11.6 Å². The van der Waals surface area contributed by atoms with Crippen LogP contribution in [0.4, 0.5) is 0 Å². The third-order valence-corrected chi connectivity index (χ3v) is 4.56. The Labute approximate surface area is 130 Å². The Morgan fingerprint density at radius 3 is 2.52 bits per heavy atom. The lowest BCUT2D eigenvalue weighted by molar-refractivity contribution is -0.138. The highest BCUT2D eigenvalue weighted by molar-refractivity contribution is 6.32. The summed E-state index contributed by atoms with van der Waals surface area (Å²) in [6.07, 6.45) is 2.55. The number of carbonyl (C=O) groups is 1. The fourth-order valence-electron chi connectivity index (χ4n) is 2.89. The second kappa shape index (κ2) is 6.56. The predicted octanol–water partition coefficient (Wildman–Crippen LogP) is 3.96. The second-order valence-corrected chi connectivity index (χ2v) is 5.92. The van der Waals surface area contributed by atoms with E-state index in [1.54, 1.807) is 20.3 Å². The predicted molar refractivity (Wildman–Crippen MR) is 81.4 cm³/mol. The first-order valence-electron chi connectivity index (χ1n) is 7.16. The summed E-state index contributed by atoms with van der Waals surface area (Å²) in [6.45, 7) is 2.10. The summed E-state index contributed by atoms with van der Waals surface area (Å²) in [5.41, 5.74) is 1.04. The average molecular weight is 313 g/mol. The van der Waals surface area contributed by atoms with Crippen LogP contribution in [0.25, 0.3) is 0 Å². The summed E-state index contributed by atoms with van der Waals surface area (Å²) in [4.78, 5) is 11.0. The first-order chi connectivity index (χ1) is 10.0. The van der Waals surface area contributed by atoms with Crippen LogP contribution < -0.4 is 9.47 Å². The molecule has 0 amide bonds. The zero-order chi connectivity index (χ0) is 15.6. The minimum Gasteiger partial charge on any atom is -0.496 e. The smallest absolute Gasteiger partial charge is 0.306 e. The van der Waals surface area contributed by atoms with E-state index in [1.807, 2.05) is 6.07 Å². The minimum absolute atomic E-state index is 0.181. The first-order valence-corrected chi connectivity index (χ1v) is 7.53. The number of aliphatic carboxylic acids is 1. The Kier molecular flexibility index (Phi) is 4.99. The number of carboxylic acids is 1. The van der Waals surface area contributed by atoms with Crippen molar-refractivity contribution in [2.24, 2.45) is 11.8 Å². The number of methoxy groups -OCH3 is 2. The number of ether oxygens (including phenoxy) is 2. The maximum atomic E-state index is 11.0. The van der Waals surface area contributed by atoms with Crippen molar-refractivity contribution in [2.45, 2.75) is 32.1 Å². The lowest BCUT2D eigenvalue weighted by Gasteiger charge is -2.20. The summed E-state index contributed by atoms with van der Waals surface area (Å²) in [5.74, 6) is 1.01. The molecular formula is C16H21ClO4. The highest BCUT2D eigenvalue weighted by Crippen LogP contribution is 2.48. The van der Waals surface area contributed by atoms with Crippen LogP contribution in [0.2, 0.25) is 5.02 Å². The van der Waals surface area contributed by atoms with E-state index in [-0.39, 0.29) is 17.8 Å². The average Bonchev–Trinajstić information content (AvgIpc) is 3.24. The number of hydrogen-bond donors (Lipinski definition) is 1. The molecule has 3 unspecified atom stereocenters. The SMILES string of the molecule is CCC(CC1CC1C(=O)O)c1cc(OC)c(Cl)cc1OC. The summed E-state index contributed by atoms with van der Waals surface area (Å²) in [7, 11) is 3.20. The van der Waals surface area contributed by atoms with Gasteiger partial charge in [0.25, 0.3) is 0 Å². The van der Waals surface area contributed by atoms with Crippen molar-refractivity contribution in [3.8, 4) is 11.5 Å². The normalized spacial score (nSPS) is 21.7. The van der Waals surface area contributed by atoms with Crippen LogP contribution in [0.15, 0.2) is 12.1 Å². The van der Waals surface area contributed by atoms with Gasteiger partial charge in [-0.25, -0.2) is 0 Å². The molecule has 21 heavy (non-hydrogen) atoms. The summed E-state index contributed by atoms with van der Waals surface area (Å²) in [6, 6.07) is 3.67. The van der Waals surface area contributed by atoms with E-state index >= 15 is 0 Å². The Balaban J connectivity index is 2.23. The van der Waals surface area contributed by atoms with Gasteiger partial charge in [0.2, 0.25) is 0 Å². The van der Waals surface area contributed by atoms with Gasteiger partial charge in [0.15, 0.2) is 0 Å². The Bertz CT molecular complexity index is 529. The Hall–Kier alpha value is -1.42. The van der Waals surface area contributed by atoms with Crippen LogP contribution in [0.3, 0.4) is 0 Å². The lowest BCUT2D eigenvalue weighted by Crippen LogP contribution is -2.06. The van der Waals surface area contributed by atoms with E-state index in [2.05, 4.69) is 6.92 Å². The van der Waals surface area contributed by atoms with Crippen molar-refractivity contribution in [3.05, 3.63) is 22.7 Å². The molecule has 0 heterocycles. The number of hydrogen-bond acceptors (Lipinski definition) is 3. The van der Waals surface area contributed by atoms with E-state index in [1.165, 1.54) is 0 Å². The van der Waals surface area contributed by atoms with Gasteiger partial charge in [-0.1, -0.05) is 18.5 Å². The highest BCUT2D eigenvalue weighted by Gasteiger charge is 2.44. The number of carboxylic acid groups (broad SMARTS) is 1. The molecule has 1 aliphatic rings. The van der Waals surface area contributed by atoms with Crippen molar-refractivity contribution in [1.29, 1.82) is 0 Å². The van der Waals surface area contributed by atoms with E-state index in [9.17, 15) is 4.79 Å². The van der Waals surface area contributed by atoms with Gasteiger partial charge in [-0.05, 0) is 37.2 Å². The molecule has 5 heteroatoms. The van der Waals surface area contributed by atoms with Crippen LogP contribution in [-0.2, 0) is 4.79 Å². The fraction of sp³-hybridized carbons (Fsp3) is 0.562. The highest BCUT2D eigenvalue weighted by atomic mass is 35.5. The largest absolute Gasteiger partial charge is 0.496 e. The fourth-order valence-corrected chi connectivity index (χ4v) is 3.12. The monoisotopic (exact) mass is 312 g/mol. The maximum Gasteiger partial charge on any atom is 0.306 e. The third kappa shape index (κ3) is 3.43. The molecule has 0 bridgehead atoms. The lowest BCUT2D eigenvalue weighted by atomic mass is 9.89. The molecule has 0 saturated heterocycles. The van der Waals surface area contributed by atoms with Gasteiger partial charge >= 0.3 is 5.97 Å². The van der Waals surface area contributed by atoms with Crippen LogP contribution >= 0.6 is 11.6 Å². The molecule has 0 aliphatic heterocycles. The van der Waals surface area contributed by atoms with Crippen LogP contribution in [0, 0.1) is 11.8 Å². The molecule has 4 nitrogen and oxygen atoms in total. The quantitative estimate of drug-likeness (QED) is 0.828. The Morgan fingerprint density at radius 2 is 2.05 bits per heavy atom. The molecular weight excluding hydrogens is 292 g/mol. The van der Waals surface area contributed by atoms with Gasteiger partial charge in [0.1, 0.15) is 11.5 Å². The van der Waals surface area contributed by atoms with E-state index in [4.69, 9.17) is 26.2 Å². The molecule has 1 aromatic carbocycles. The molecule has 1 aromatic rings. The van der Waals surface area contributed by atoms with Gasteiger partial charge in [-0.3, -0.25) is 4.79 Å². The molecule has 0 spiro atoms. The topological polar surface area (TPSA) is 55.8 Å². The second-order valence-electron chi connectivity index (χ2n) is 5.51. The minimum atomic E-state index is -0.685. The molecule has 2 rings (SSSR count). The van der Waals surface area contributed by atoms with E-state index in [0.29, 0.717) is 10.8 Å². The van der Waals surface area contributed by atoms with Crippen molar-refractivity contribution < 1.29 is 19.4 Å². The van der Waals surface area contributed by atoms with E-state index in [0.717, 1.165) is 30.6 Å². The van der Waals surface area contributed by atoms with Crippen molar-refractivity contribution in [1.82, 2.24) is 0 Å². The Morgan fingerprint density at radius 1 is 1.38 bits per heavy atom. The standard InChI is InChI=1S/C16H21ClO4/c1-4-9(5-10-6-12(10)16(18)19)11-7-15(21-3)13(17)8-14(11)20-2/h7-10,12H,4-6H2,1-3H3,(H,18,19). The van der Waals surface area contributed by atoms with Crippen molar-refractivity contribution in [2.75, 3.05) is 14.2 Å². The van der Waals surface area contributed by atoms with Gasteiger partial charge in [-0.2, -0.15) is 0 Å². The van der Waals surface area contributed by atoms with Crippen molar-refractivity contribution in [3.63, 3.8) is 0 Å². The summed E-state index contributed by atoms with van der Waals surface area (Å²) >= 11 is 6.13. The molecule has 1 saturated carbocycles. The van der Waals surface area contributed by atoms with Crippen LogP contribution in [0.5, 0.6) is 11.5 Å². The molecule has 0 radical (unpaired) electrons. The molecule has 1 aliphatic carbocycles. The maximum absolute atomic E-state index is 11.0. The number of benzene rings is 1. The summed E-state index contributed by atoms with van der Waals surface area (Å²) in [5, 5.41) is 9.55. The molecule has 1 fully saturated rings. The molecule has 3 atom stereocenters. The summed E-state index contributed by atoms with van der Waals surface area (Å²) < 4.78 is 10.7. The van der Waals surface area contributed by atoms with Crippen molar-refractivity contribution >= 4 is 17.6 Å². The number of rotatable bonds is 7. The zero-order valence-corrected chi connectivity index (χ0v) is 13.3. The van der Waals surface area contributed by atoms with Gasteiger partial charge < -0.3 is 14.6 Å². The van der Waals surface area contributed by atoms with Gasteiger partial charge in [0.05, 0.1) is 25.2 Å². The van der Waals surface area contributed by atoms with Crippen LogP contribution in [-0.4, -0.2) is 25.3 Å². The third-order valence-electron chi connectivity index (χ3n) is 4.26. The molecule has 1 N–H and O–H groups in total. The first kappa shape index (κ1) is 16.0. The zero-order valence-electron chi connectivity index (χ0n) is 12.6. The molecule has 116 valence electrons. The van der Waals surface area contributed by atoms with E-state index < -0.39 is 5.97 Å².